The zero-order chi connectivity index (χ0) is 18.2. The summed E-state index contributed by atoms with van der Waals surface area (Å²) < 4.78 is 0. The summed E-state index contributed by atoms with van der Waals surface area (Å²) in [6.45, 7) is 3.57. The van der Waals surface area contributed by atoms with Crippen molar-refractivity contribution in [3.63, 3.8) is 0 Å². The summed E-state index contributed by atoms with van der Waals surface area (Å²) in [5, 5.41) is 3.29. The fraction of sp³-hybridized carbons (Fsp3) is 0.524. The molecule has 1 aromatic heterocycles. The van der Waals surface area contributed by atoms with E-state index in [4.69, 9.17) is 10.7 Å². The molecule has 0 spiro atoms. The second-order valence-electron chi connectivity index (χ2n) is 7.86. The van der Waals surface area contributed by atoms with Gasteiger partial charge in [0.25, 0.3) is 0 Å². The first-order valence-electron chi connectivity index (χ1n) is 9.60. The van der Waals surface area contributed by atoms with Crippen LogP contribution in [0.15, 0.2) is 35.7 Å². The molecule has 4 nitrogen and oxygen atoms in total. The number of benzene rings is 1. The zero-order valence-electron chi connectivity index (χ0n) is 15.4. The first-order valence-corrected chi connectivity index (χ1v) is 10.5. The number of carbonyl (C=O) groups is 1. The number of amides is 1. The Kier molecular flexibility index (Phi) is 4.61. The van der Waals surface area contributed by atoms with E-state index in [2.05, 4.69) is 42.6 Å². The molecule has 1 saturated carbocycles. The van der Waals surface area contributed by atoms with E-state index in [9.17, 15) is 4.79 Å². The van der Waals surface area contributed by atoms with Crippen molar-refractivity contribution in [2.24, 2.45) is 5.73 Å². The maximum absolute atomic E-state index is 13.0. The number of carbonyl (C=O) groups excluding carboxylic acids is 1. The average Bonchev–Trinajstić information content (AvgIpc) is 3.31. The van der Waals surface area contributed by atoms with Gasteiger partial charge < -0.3 is 10.6 Å². The van der Waals surface area contributed by atoms with Gasteiger partial charge in [0.2, 0.25) is 5.91 Å². The molecule has 5 heteroatoms. The number of rotatable bonds is 3. The molecule has 0 bridgehead atoms. The maximum Gasteiger partial charge on any atom is 0.242 e. The number of thiazole rings is 1. The summed E-state index contributed by atoms with van der Waals surface area (Å²) in [4.78, 5) is 19.8. The largest absolute Gasteiger partial charge is 0.341 e. The minimum absolute atomic E-state index is 0.0970. The van der Waals surface area contributed by atoms with Crippen molar-refractivity contribution in [1.29, 1.82) is 0 Å². The Morgan fingerprint density at radius 2 is 1.77 bits per heavy atom. The van der Waals surface area contributed by atoms with Crippen molar-refractivity contribution in [2.45, 2.75) is 56.4 Å². The Hall–Kier alpha value is -1.72. The lowest BCUT2D eigenvalue weighted by atomic mass is 9.70. The van der Waals surface area contributed by atoms with E-state index < -0.39 is 5.54 Å². The number of nitrogens with zero attached hydrogens (tertiary/aromatic N) is 2. The Labute approximate surface area is 159 Å². The van der Waals surface area contributed by atoms with Crippen LogP contribution in [0.4, 0.5) is 0 Å². The summed E-state index contributed by atoms with van der Waals surface area (Å²) in [6.07, 6.45) is 5.61. The van der Waals surface area contributed by atoms with Gasteiger partial charge in [0.1, 0.15) is 0 Å². The fourth-order valence-electron chi connectivity index (χ4n) is 4.66. The van der Waals surface area contributed by atoms with Gasteiger partial charge in [-0.3, -0.25) is 4.79 Å². The molecular formula is C21H27N3OS. The molecule has 4 rings (SSSR count). The van der Waals surface area contributed by atoms with Crippen LogP contribution in [0, 0.1) is 6.92 Å². The molecule has 138 valence electrons. The first kappa shape index (κ1) is 17.7. The van der Waals surface area contributed by atoms with E-state index in [1.807, 2.05) is 4.90 Å². The molecule has 2 heterocycles. The van der Waals surface area contributed by atoms with E-state index in [1.165, 1.54) is 5.56 Å². The van der Waals surface area contributed by atoms with E-state index in [1.54, 1.807) is 11.3 Å². The maximum atomic E-state index is 13.0. The Morgan fingerprint density at radius 3 is 2.35 bits per heavy atom. The van der Waals surface area contributed by atoms with Gasteiger partial charge in [0.05, 0.1) is 16.2 Å². The normalized spacial score (nSPS) is 21.7. The lowest BCUT2D eigenvalue weighted by molar-refractivity contribution is -0.138. The molecule has 0 unspecified atom stereocenters. The van der Waals surface area contributed by atoms with E-state index in [-0.39, 0.29) is 11.3 Å². The van der Waals surface area contributed by atoms with Gasteiger partial charge in [0.15, 0.2) is 0 Å². The third-order valence-corrected chi connectivity index (χ3v) is 7.04. The number of aryl methyl sites for hydroxylation is 1. The fourth-order valence-corrected chi connectivity index (χ4v) is 5.37. The van der Waals surface area contributed by atoms with Crippen molar-refractivity contribution in [1.82, 2.24) is 9.88 Å². The van der Waals surface area contributed by atoms with Crippen molar-refractivity contribution < 1.29 is 4.79 Å². The second-order valence-corrected chi connectivity index (χ2v) is 8.92. The molecule has 0 atom stereocenters. The van der Waals surface area contributed by atoms with Gasteiger partial charge in [-0.25, -0.2) is 4.98 Å². The Bertz CT molecular complexity index is 772. The molecule has 1 amide bonds. The number of nitrogens with two attached hydrogens (primary N) is 1. The van der Waals surface area contributed by atoms with Gasteiger partial charge in [-0.15, -0.1) is 11.3 Å². The molecule has 1 saturated heterocycles. The molecule has 1 aromatic carbocycles. The molecule has 26 heavy (non-hydrogen) atoms. The van der Waals surface area contributed by atoms with Crippen molar-refractivity contribution >= 4 is 17.2 Å². The quantitative estimate of drug-likeness (QED) is 0.899. The Balaban J connectivity index is 1.60. The molecule has 0 radical (unpaired) electrons. The smallest absolute Gasteiger partial charge is 0.242 e. The summed E-state index contributed by atoms with van der Waals surface area (Å²) in [6, 6.07) is 10.7. The van der Waals surface area contributed by atoms with E-state index >= 15 is 0 Å². The first-order chi connectivity index (χ1) is 12.5. The molecule has 2 aromatic rings. The third-order valence-electron chi connectivity index (χ3n) is 6.26. The number of piperidine rings is 1. The number of hydrogen-bond acceptors (Lipinski definition) is 4. The van der Waals surface area contributed by atoms with Crippen LogP contribution in [-0.4, -0.2) is 34.4 Å². The molecule has 2 N–H and O–H groups in total. The average molecular weight is 370 g/mol. The highest BCUT2D eigenvalue weighted by atomic mass is 32.1. The second kappa shape index (κ2) is 6.78. The number of aromatic nitrogens is 1. The predicted octanol–water partition coefficient (Wildman–Crippen LogP) is 3.63. The van der Waals surface area contributed by atoms with E-state index in [0.717, 1.165) is 62.3 Å². The van der Waals surface area contributed by atoms with Crippen LogP contribution in [0.25, 0.3) is 0 Å². The predicted molar refractivity (Wildman–Crippen MR) is 105 cm³/mol. The summed E-state index contributed by atoms with van der Waals surface area (Å²) in [5.74, 6) is 0.158. The highest BCUT2D eigenvalue weighted by Crippen LogP contribution is 2.42. The van der Waals surface area contributed by atoms with Gasteiger partial charge >= 0.3 is 0 Å². The van der Waals surface area contributed by atoms with Crippen LogP contribution in [0.5, 0.6) is 0 Å². The lowest BCUT2D eigenvalue weighted by Gasteiger charge is -2.43. The van der Waals surface area contributed by atoms with Crippen LogP contribution < -0.4 is 5.73 Å². The van der Waals surface area contributed by atoms with Gasteiger partial charge in [-0.05, 0) is 38.2 Å². The van der Waals surface area contributed by atoms with Gasteiger partial charge in [0, 0.05) is 23.9 Å². The van der Waals surface area contributed by atoms with Crippen molar-refractivity contribution in [2.75, 3.05) is 13.1 Å². The topological polar surface area (TPSA) is 59.2 Å². The zero-order valence-corrected chi connectivity index (χ0v) is 16.2. The van der Waals surface area contributed by atoms with Crippen LogP contribution in [0.2, 0.25) is 0 Å². The molecule has 1 aliphatic carbocycles. The van der Waals surface area contributed by atoms with Crippen molar-refractivity contribution in [3.8, 4) is 0 Å². The van der Waals surface area contributed by atoms with Crippen LogP contribution in [-0.2, 0) is 10.2 Å². The van der Waals surface area contributed by atoms with Gasteiger partial charge in [-0.1, -0.05) is 43.2 Å². The SMILES string of the molecule is Cc1nc(C2(c3ccccc3)CCN(C(=O)C3(N)CCCC3)CC2)cs1. The third kappa shape index (κ3) is 2.97. The van der Waals surface area contributed by atoms with E-state index in [0.29, 0.717) is 0 Å². The highest BCUT2D eigenvalue weighted by molar-refractivity contribution is 7.09. The minimum atomic E-state index is -0.621. The molecule has 2 aliphatic rings. The van der Waals surface area contributed by atoms with Crippen LogP contribution in [0.1, 0.15) is 54.8 Å². The minimum Gasteiger partial charge on any atom is -0.341 e. The Morgan fingerprint density at radius 1 is 1.12 bits per heavy atom. The molecular weight excluding hydrogens is 342 g/mol. The molecule has 2 fully saturated rings. The molecule has 1 aliphatic heterocycles. The summed E-state index contributed by atoms with van der Waals surface area (Å²) in [5.41, 5.74) is 8.17. The van der Waals surface area contributed by atoms with Crippen molar-refractivity contribution in [3.05, 3.63) is 52.0 Å². The van der Waals surface area contributed by atoms with Crippen LogP contribution in [0.3, 0.4) is 0 Å². The monoisotopic (exact) mass is 369 g/mol. The van der Waals surface area contributed by atoms with Crippen LogP contribution >= 0.6 is 11.3 Å². The lowest BCUT2D eigenvalue weighted by Crippen LogP contribution is -2.57. The highest BCUT2D eigenvalue weighted by Gasteiger charge is 2.45. The summed E-state index contributed by atoms with van der Waals surface area (Å²) in [7, 11) is 0. The number of likely N-dealkylation sites (tertiary alicyclic amines) is 1. The number of hydrogen-bond donors (Lipinski definition) is 1. The standard InChI is InChI=1S/C21H27N3OS/c1-16-23-18(15-26-16)20(17-7-3-2-4-8-17)11-13-24(14-12-20)19(25)21(22)9-5-6-10-21/h2-4,7-8,15H,5-6,9-14,22H2,1H3. The van der Waals surface area contributed by atoms with Gasteiger partial charge in [-0.2, -0.15) is 0 Å². The summed E-state index contributed by atoms with van der Waals surface area (Å²) >= 11 is 1.71.